The number of hydrogen-bond donors (Lipinski definition) is 1. The Balaban J connectivity index is 0.00000220. The van der Waals surface area contributed by atoms with Crippen LogP contribution in [0.1, 0.15) is 13.3 Å². The number of nitrogens with zero attached hydrogens (tertiary/aromatic N) is 3. The molecule has 0 bridgehead atoms. The van der Waals surface area contributed by atoms with Crippen LogP contribution in [0.3, 0.4) is 0 Å². The first-order valence-corrected chi connectivity index (χ1v) is 8.65. The van der Waals surface area contributed by atoms with Gasteiger partial charge in [-0.3, -0.25) is 4.99 Å². The first-order valence-electron chi connectivity index (χ1n) is 7.60. The number of hydrogen-bond acceptors (Lipinski definition) is 4. The van der Waals surface area contributed by atoms with E-state index in [1.165, 1.54) is 12.2 Å². The molecule has 124 valence electrons. The minimum Gasteiger partial charge on any atom is -0.374 e. The third-order valence-electron chi connectivity index (χ3n) is 3.94. The lowest BCUT2D eigenvalue weighted by Crippen LogP contribution is -2.52. The molecule has 2 unspecified atom stereocenters. The van der Waals surface area contributed by atoms with Crippen LogP contribution in [-0.2, 0) is 4.74 Å². The molecule has 0 aromatic carbocycles. The summed E-state index contributed by atoms with van der Waals surface area (Å²) in [6.45, 7) is 8.17. The average Bonchev–Trinajstić information content (AvgIpc) is 2.48. The van der Waals surface area contributed by atoms with Gasteiger partial charge in [0.2, 0.25) is 0 Å². The van der Waals surface area contributed by atoms with Crippen molar-refractivity contribution >= 4 is 41.7 Å². The number of morpholine rings is 1. The molecule has 0 saturated carbocycles. The molecular formula is C14H29IN4OS. The molecule has 0 aliphatic carbocycles. The van der Waals surface area contributed by atoms with E-state index >= 15 is 0 Å². The van der Waals surface area contributed by atoms with Crippen LogP contribution < -0.4 is 5.32 Å². The van der Waals surface area contributed by atoms with Crippen molar-refractivity contribution < 1.29 is 4.74 Å². The van der Waals surface area contributed by atoms with Gasteiger partial charge in [-0.15, -0.1) is 24.0 Å². The van der Waals surface area contributed by atoms with Crippen molar-refractivity contribution in [2.75, 3.05) is 59.2 Å². The van der Waals surface area contributed by atoms with E-state index < -0.39 is 0 Å². The number of rotatable bonds is 3. The quantitative estimate of drug-likeness (QED) is 0.418. The summed E-state index contributed by atoms with van der Waals surface area (Å²) in [5, 5.41) is 4.22. The third kappa shape index (κ3) is 6.11. The molecule has 2 aliphatic rings. The van der Waals surface area contributed by atoms with Crippen molar-refractivity contribution in [1.82, 2.24) is 15.1 Å². The van der Waals surface area contributed by atoms with Gasteiger partial charge in [-0.05, 0) is 13.5 Å². The molecule has 2 atom stereocenters. The number of halogens is 1. The van der Waals surface area contributed by atoms with Gasteiger partial charge < -0.3 is 19.9 Å². The monoisotopic (exact) mass is 428 g/mol. The smallest absolute Gasteiger partial charge is 0.193 e. The van der Waals surface area contributed by atoms with Crippen LogP contribution in [-0.4, -0.2) is 86.3 Å². The van der Waals surface area contributed by atoms with Gasteiger partial charge in [-0.2, -0.15) is 11.8 Å². The van der Waals surface area contributed by atoms with Crippen LogP contribution in [0.15, 0.2) is 4.99 Å². The second-order valence-electron chi connectivity index (χ2n) is 5.53. The van der Waals surface area contributed by atoms with Gasteiger partial charge in [-0.25, -0.2) is 0 Å². The van der Waals surface area contributed by atoms with Gasteiger partial charge in [-0.1, -0.05) is 6.92 Å². The summed E-state index contributed by atoms with van der Waals surface area (Å²) in [7, 11) is 4.02. The second-order valence-corrected chi connectivity index (χ2v) is 6.94. The van der Waals surface area contributed by atoms with Crippen molar-refractivity contribution in [2.24, 2.45) is 4.99 Å². The molecule has 2 heterocycles. The highest BCUT2D eigenvalue weighted by Crippen LogP contribution is 2.21. The van der Waals surface area contributed by atoms with E-state index in [1.54, 1.807) is 0 Å². The Labute approximate surface area is 150 Å². The van der Waals surface area contributed by atoms with Crippen molar-refractivity contribution in [1.29, 1.82) is 0 Å². The molecule has 2 fully saturated rings. The zero-order valence-corrected chi connectivity index (χ0v) is 16.5. The highest BCUT2D eigenvalue weighted by Gasteiger charge is 2.23. The van der Waals surface area contributed by atoms with Gasteiger partial charge in [0.15, 0.2) is 5.96 Å². The average molecular weight is 428 g/mol. The van der Waals surface area contributed by atoms with Crippen LogP contribution >= 0.6 is 35.7 Å². The number of guanidine groups is 1. The molecular weight excluding hydrogens is 399 g/mol. The summed E-state index contributed by atoms with van der Waals surface area (Å²) in [4.78, 5) is 9.15. The van der Waals surface area contributed by atoms with E-state index in [0.29, 0.717) is 0 Å². The number of thioether (sulfide) groups is 1. The Morgan fingerprint density at radius 1 is 1.38 bits per heavy atom. The first-order chi connectivity index (χ1) is 9.72. The fraction of sp³-hybridized carbons (Fsp3) is 0.929. The van der Waals surface area contributed by atoms with Crippen molar-refractivity contribution in [3.8, 4) is 0 Å². The second kappa shape index (κ2) is 10.1. The maximum absolute atomic E-state index is 5.79. The number of aliphatic imine (C=N–C) groups is 1. The zero-order valence-electron chi connectivity index (χ0n) is 13.4. The van der Waals surface area contributed by atoms with E-state index in [-0.39, 0.29) is 30.1 Å². The minimum absolute atomic E-state index is 0. The summed E-state index contributed by atoms with van der Waals surface area (Å²) >= 11 is 2.09. The fourth-order valence-corrected chi connectivity index (χ4v) is 3.87. The summed E-state index contributed by atoms with van der Waals surface area (Å²) in [5.41, 5.74) is 0. The maximum Gasteiger partial charge on any atom is 0.193 e. The number of likely N-dealkylation sites (N-methyl/N-ethyl adjacent to an activating group) is 1. The topological polar surface area (TPSA) is 40.1 Å². The van der Waals surface area contributed by atoms with Gasteiger partial charge >= 0.3 is 0 Å². The van der Waals surface area contributed by atoms with Gasteiger partial charge in [0, 0.05) is 50.8 Å². The fourth-order valence-electron chi connectivity index (χ4n) is 2.69. The predicted molar refractivity (Wildman–Crippen MR) is 102 cm³/mol. The van der Waals surface area contributed by atoms with Crippen LogP contribution in [0.5, 0.6) is 0 Å². The van der Waals surface area contributed by atoms with E-state index in [1.807, 2.05) is 7.05 Å². The lowest BCUT2D eigenvalue weighted by Gasteiger charge is -2.35. The molecule has 2 aliphatic heterocycles. The molecule has 0 aromatic heterocycles. The van der Waals surface area contributed by atoms with Gasteiger partial charge in [0.25, 0.3) is 0 Å². The largest absolute Gasteiger partial charge is 0.374 e. The Kier molecular flexibility index (Phi) is 9.31. The molecule has 5 nitrogen and oxygen atoms in total. The van der Waals surface area contributed by atoms with Gasteiger partial charge in [0.05, 0.1) is 12.7 Å². The zero-order chi connectivity index (χ0) is 14.4. The van der Waals surface area contributed by atoms with Crippen molar-refractivity contribution in [2.45, 2.75) is 24.7 Å². The van der Waals surface area contributed by atoms with Crippen LogP contribution in [0.25, 0.3) is 0 Å². The van der Waals surface area contributed by atoms with Crippen molar-refractivity contribution in [3.63, 3.8) is 0 Å². The molecule has 2 rings (SSSR count). The highest BCUT2D eigenvalue weighted by molar-refractivity contribution is 14.0. The third-order valence-corrected chi connectivity index (χ3v) is 5.31. The van der Waals surface area contributed by atoms with Crippen LogP contribution in [0, 0.1) is 0 Å². The van der Waals surface area contributed by atoms with E-state index in [2.05, 4.69) is 45.8 Å². The van der Waals surface area contributed by atoms with Crippen LogP contribution in [0.4, 0.5) is 0 Å². The Hall–Kier alpha value is 0.270. The first kappa shape index (κ1) is 19.3. The van der Waals surface area contributed by atoms with E-state index in [9.17, 15) is 0 Å². The number of ether oxygens (including phenoxy) is 1. The normalized spacial score (nSPS) is 28.1. The molecule has 2 saturated heterocycles. The molecule has 7 heteroatoms. The highest BCUT2D eigenvalue weighted by atomic mass is 127. The molecule has 0 amide bonds. The van der Waals surface area contributed by atoms with Gasteiger partial charge in [0.1, 0.15) is 0 Å². The molecule has 0 aromatic rings. The lowest BCUT2D eigenvalue weighted by atomic mass is 10.3. The Bertz CT molecular complexity index is 332. The summed E-state index contributed by atoms with van der Waals surface area (Å²) in [6.07, 6.45) is 1.50. The van der Waals surface area contributed by atoms with Crippen LogP contribution in [0.2, 0.25) is 0 Å². The maximum atomic E-state index is 5.79. The standard InChI is InChI=1S/C14H28N4OS.HI/c1-4-13-11-18(6-8-20-13)14(15-2)16-9-12-10-17(3)5-7-19-12;/h12-13H,4-11H2,1-3H3,(H,15,16);1H. The summed E-state index contributed by atoms with van der Waals surface area (Å²) in [5.74, 6) is 2.22. The van der Waals surface area contributed by atoms with E-state index in [4.69, 9.17) is 4.74 Å². The summed E-state index contributed by atoms with van der Waals surface area (Å²) in [6, 6.07) is 0. The Morgan fingerprint density at radius 3 is 2.86 bits per heavy atom. The minimum atomic E-state index is 0. The molecule has 1 N–H and O–H groups in total. The molecule has 0 spiro atoms. The van der Waals surface area contributed by atoms with E-state index in [0.717, 1.165) is 50.5 Å². The lowest BCUT2D eigenvalue weighted by molar-refractivity contribution is -0.0163. The van der Waals surface area contributed by atoms with Crippen molar-refractivity contribution in [3.05, 3.63) is 0 Å². The molecule has 21 heavy (non-hydrogen) atoms. The summed E-state index contributed by atoms with van der Waals surface area (Å²) < 4.78 is 5.79. The Morgan fingerprint density at radius 2 is 2.19 bits per heavy atom. The predicted octanol–water partition coefficient (Wildman–Crippen LogP) is 1.34. The SMILES string of the molecule is CCC1CN(C(=NC)NCC2CN(C)CCO2)CCS1.I. The number of nitrogens with one attached hydrogen (secondary N) is 1. The molecule has 0 radical (unpaired) electrons.